The first-order valence-corrected chi connectivity index (χ1v) is 11.6. The zero-order valence-corrected chi connectivity index (χ0v) is 21.2. The quantitative estimate of drug-likeness (QED) is 0.335. The van der Waals surface area contributed by atoms with Gasteiger partial charge in [0.1, 0.15) is 5.70 Å². The summed E-state index contributed by atoms with van der Waals surface area (Å²) in [7, 11) is 6.37. The molecule has 0 spiro atoms. The van der Waals surface area contributed by atoms with E-state index in [1.165, 1.54) is 33.5 Å². The van der Waals surface area contributed by atoms with Crippen molar-refractivity contribution in [2.45, 2.75) is 6.54 Å². The van der Waals surface area contributed by atoms with Gasteiger partial charge in [0.05, 0.1) is 21.3 Å². The van der Waals surface area contributed by atoms with Crippen LogP contribution in [0.3, 0.4) is 0 Å². The second kappa shape index (κ2) is 11.3. The lowest BCUT2D eigenvalue weighted by atomic mass is 10.1. The highest BCUT2D eigenvalue weighted by molar-refractivity contribution is 6.07. The summed E-state index contributed by atoms with van der Waals surface area (Å²) in [5.41, 5.74) is 3.10. The molecule has 0 bridgehead atoms. The third kappa shape index (κ3) is 5.59. The average Bonchev–Trinajstić information content (AvgIpc) is 3.25. The van der Waals surface area contributed by atoms with Crippen LogP contribution in [0.2, 0.25) is 0 Å². The van der Waals surface area contributed by atoms with Crippen molar-refractivity contribution in [3.8, 4) is 17.2 Å². The molecule has 0 aliphatic carbocycles. The molecule has 2 amide bonds. The minimum atomic E-state index is -0.499. The third-order valence-electron chi connectivity index (χ3n) is 5.94. The van der Waals surface area contributed by atoms with Gasteiger partial charge in [0.25, 0.3) is 11.8 Å². The predicted octanol–water partition coefficient (Wildman–Crippen LogP) is 4.29. The molecule has 8 heteroatoms. The van der Waals surface area contributed by atoms with Crippen molar-refractivity contribution in [3.05, 3.63) is 95.3 Å². The van der Waals surface area contributed by atoms with Crippen LogP contribution in [0.15, 0.2) is 78.6 Å². The minimum absolute atomic E-state index is 0.103. The molecule has 0 aliphatic heterocycles. The number of hydrogen-bond acceptors (Lipinski definition) is 5. The molecule has 0 saturated carbocycles. The van der Waals surface area contributed by atoms with E-state index in [-0.39, 0.29) is 11.3 Å². The average molecular weight is 500 g/mol. The first-order chi connectivity index (χ1) is 17.9. The molecule has 4 aromatic rings. The van der Waals surface area contributed by atoms with Gasteiger partial charge in [-0.15, -0.1) is 0 Å². The van der Waals surface area contributed by atoms with Crippen molar-refractivity contribution in [3.63, 3.8) is 0 Å². The highest BCUT2D eigenvalue weighted by atomic mass is 16.5. The van der Waals surface area contributed by atoms with E-state index in [4.69, 9.17) is 14.2 Å². The fourth-order valence-corrected chi connectivity index (χ4v) is 4.08. The van der Waals surface area contributed by atoms with Gasteiger partial charge in [-0.2, -0.15) is 0 Å². The second-order valence-corrected chi connectivity index (χ2v) is 8.31. The molecule has 2 N–H and O–H groups in total. The number of nitrogens with zero attached hydrogens (tertiary/aromatic N) is 1. The van der Waals surface area contributed by atoms with E-state index >= 15 is 0 Å². The summed E-state index contributed by atoms with van der Waals surface area (Å²) in [6.45, 7) is 0.312. The molecule has 4 rings (SSSR count). The monoisotopic (exact) mass is 499 g/mol. The van der Waals surface area contributed by atoms with Crippen LogP contribution in [0, 0.1) is 0 Å². The molecule has 8 nitrogen and oxygen atoms in total. The summed E-state index contributed by atoms with van der Waals surface area (Å²) in [4.78, 5) is 26.6. The van der Waals surface area contributed by atoms with Crippen LogP contribution in [0.25, 0.3) is 17.0 Å². The highest BCUT2D eigenvalue weighted by Gasteiger charge is 2.20. The molecule has 0 atom stereocenters. The Morgan fingerprint density at radius 1 is 0.892 bits per heavy atom. The Balaban J connectivity index is 1.69. The number of para-hydroxylation sites is 1. The smallest absolute Gasteiger partial charge is 0.268 e. The molecule has 0 saturated heterocycles. The lowest BCUT2D eigenvalue weighted by Crippen LogP contribution is -2.34. The normalized spacial score (nSPS) is 11.2. The Morgan fingerprint density at radius 3 is 2.19 bits per heavy atom. The van der Waals surface area contributed by atoms with Gasteiger partial charge in [-0.25, -0.2) is 0 Å². The van der Waals surface area contributed by atoms with Gasteiger partial charge >= 0.3 is 0 Å². The summed E-state index contributed by atoms with van der Waals surface area (Å²) < 4.78 is 18.1. The predicted molar refractivity (Wildman–Crippen MR) is 143 cm³/mol. The molecule has 0 radical (unpaired) electrons. The van der Waals surface area contributed by atoms with E-state index in [1.807, 2.05) is 72.4 Å². The van der Waals surface area contributed by atoms with Crippen molar-refractivity contribution < 1.29 is 23.8 Å². The molecule has 190 valence electrons. The minimum Gasteiger partial charge on any atom is -0.493 e. The first kappa shape index (κ1) is 25.4. The summed E-state index contributed by atoms with van der Waals surface area (Å²) in [6.07, 6.45) is 3.60. The fraction of sp³-hybridized carbons (Fsp3) is 0.172. The topological polar surface area (TPSA) is 90.8 Å². The van der Waals surface area contributed by atoms with Gasteiger partial charge in [0, 0.05) is 41.8 Å². The van der Waals surface area contributed by atoms with Crippen LogP contribution in [0.5, 0.6) is 17.2 Å². The zero-order chi connectivity index (χ0) is 26.4. The van der Waals surface area contributed by atoms with Crippen LogP contribution in [-0.2, 0) is 18.4 Å². The van der Waals surface area contributed by atoms with E-state index < -0.39 is 11.8 Å². The van der Waals surface area contributed by atoms with Crippen molar-refractivity contribution in [2.24, 2.45) is 7.05 Å². The van der Waals surface area contributed by atoms with E-state index in [2.05, 4.69) is 10.6 Å². The Kier molecular flexibility index (Phi) is 7.78. The van der Waals surface area contributed by atoms with Crippen molar-refractivity contribution >= 4 is 28.8 Å². The van der Waals surface area contributed by atoms with Gasteiger partial charge in [0.15, 0.2) is 11.5 Å². The van der Waals surface area contributed by atoms with Gasteiger partial charge in [-0.1, -0.05) is 48.5 Å². The number of aromatic nitrogens is 1. The molecule has 1 heterocycles. The SMILES string of the molecule is COc1cc(C(=O)NC(=Cc2cn(C)c3ccccc23)C(=O)NCc2ccccc2)cc(OC)c1OC. The molecular weight excluding hydrogens is 470 g/mol. The maximum atomic E-state index is 13.3. The first-order valence-electron chi connectivity index (χ1n) is 11.6. The summed E-state index contributed by atoms with van der Waals surface area (Å²) in [5, 5.41) is 6.64. The van der Waals surface area contributed by atoms with Crippen LogP contribution >= 0.6 is 0 Å². The second-order valence-electron chi connectivity index (χ2n) is 8.31. The Labute approximate surface area is 215 Å². The number of carbonyl (C=O) groups is 2. The molecule has 0 aliphatic rings. The van der Waals surface area contributed by atoms with Crippen molar-refractivity contribution in [1.29, 1.82) is 0 Å². The summed E-state index contributed by atoms with van der Waals surface area (Å²) in [6, 6.07) is 20.5. The number of rotatable bonds is 9. The highest BCUT2D eigenvalue weighted by Crippen LogP contribution is 2.38. The standard InChI is InChI=1S/C29H29N3O5/c1-32-18-21(22-12-8-9-13-24(22)32)14-23(29(34)30-17-19-10-6-5-7-11-19)31-28(33)20-15-25(35-2)27(37-4)26(16-20)36-3/h5-16,18H,17H2,1-4H3,(H,30,34)(H,31,33). The summed E-state index contributed by atoms with van der Waals surface area (Å²) in [5.74, 6) is 0.118. The van der Waals surface area contributed by atoms with Crippen LogP contribution in [0.1, 0.15) is 21.5 Å². The van der Waals surface area contributed by atoms with E-state index in [9.17, 15) is 9.59 Å². The number of fused-ring (bicyclic) bond motifs is 1. The van der Waals surface area contributed by atoms with Gasteiger partial charge in [-0.3, -0.25) is 9.59 Å². The van der Waals surface area contributed by atoms with Crippen LogP contribution in [0.4, 0.5) is 0 Å². The van der Waals surface area contributed by atoms with E-state index in [0.717, 1.165) is 22.0 Å². The molecule has 0 fully saturated rings. The Hall–Kier alpha value is -4.72. The number of amides is 2. The molecule has 3 aromatic carbocycles. The molecule has 37 heavy (non-hydrogen) atoms. The lowest BCUT2D eigenvalue weighted by molar-refractivity contribution is -0.117. The van der Waals surface area contributed by atoms with Crippen molar-refractivity contribution in [2.75, 3.05) is 21.3 Å². The van der Waals surface area contributed by atoms with Gasteiger partial charge in [0.2, 0.25) is 5.75 Å². The Bertz CT molecular complexity index is 1430. The number of methoxy groups -OCH3 is 3. The number of hydrogen-bond donors (Lipinski definition) is 2. The van der Waals surface area contributed by atoms with E-state index in [1.54, 1.807) is 6.08 Å². The maximum Gasteiger partial charge on any atom is 0.268 e. The molecular formula is C29H29N3O5. The Morgan fingerprint density at radius 2 is 1.54 bits per heavy atom. The molecule has 0 unspecified atom stereocenters. The fourth-order valence-electron chi connectivity index (χ4n) is 4.08. The van der Waals surface area contributed by atoms with Gasteiger partial charge < -0.3 is 29.4 Å². The van der Waals surface area contributed by atoms with E-state index in [0.29, 0.717) is 23.8 Å². The molecule has 1 aromatic heterocycles. The number of aryl methyl sites for hydroxylation is 1. The summed E-state index contributed by atoms with van der Waals surface area (Å²) >= 11 is 0. The van der Waals surface area contributed by atoms with Gasteiger partial charge in [-0.05, 0) is 29.8 Å². The van der Waals surface area contributed by atoms with Crippen molar-refractivity contribution in [1.82, 2.24) is 15.2 Å². The lowest BCUT2D eigenvalue weighted by Gasteiger charge is -2.15. The zero-order valence-electron chi connectivity index (χ0n) is 21.2. The van der Waals surface area contributed by atoms with Crippen LogP contribution in [-0.4, -0.2) is 37.7 Å². The number of ether oxygens (including phenoxy) is 3. The van der Waals surface area contributed by atoms with Crippen LogP contribution < -0.4 is 24.8 Å². The third-order valence-corrected chi connectivity index (χ3v) is 5.94. The largest absolute Gasteiger partial charge is 0.493 e. The number of carbonyl (C=O) groups excluding carboxylic acids is 2. The maximum absolute atomic E-state index is 13.3. The number of nitrogens with one attached hydrogen (secondary N) is 2. The number of benzene rings is 3.